The molecule has 0 aliphatic rings. The van der Waals surface area contributed by atoms with Gasteiger partial charge in [-0.3, -0.25) is 0 Å². The smallest absolute Gasteiger partial charge is 0.169 e. The molecule has 2 aromatic rings. The highest BCUT2D eigenvalue weighted by atomic mass is 16.5. The standard InChI is InChI=1S/C16H24N4O/c1-12-7-5-8-13(11-12)21-10-6-9-20-14(16(2,3)4)15(17)18-19-20/h5,7-8,11H,6,9-10,17H2,1-4H3. The Kier molecular flexibility index (Phi) is 4.50. The van der Waals surface area contributed by atoms with Crippen LogP contribution in [0.2, 0.25) is 0 Å². The Morgan fingerprint density at radius 2 is 2.05 bits per heavy atom. The number of hydrogen-bond donors (Lipinski definition) is 1. The second-order valence-electron chi connectivity index (χ2n) is 6.31. The fourth-order valence-electron chi connectivity index (χ4n) is 2.36. The van der Waals surface area contributed by atoms with Gasteiger partial charge in [-0.2, -0.15) is 0 Å². The number of nitrogens with two attached hydrogens (primary N) is 1. The van der Waals surface area contributed by atoms with Gasteiger partial charge in [-0.25, -0.2) is 4.68 Å². The topological polar surface area (TPSA) is 66.0 Å². The van der Waals surface area contributed by atoms with Crippen molar-refractivity contribution in [3.63, 3.8) is 0 Å². The lowest BCUT2D eigenvalue weighted by Crippen LogP contribution is -2.20. The fourth-order valence-corrected chi connectivity index (χ4v) is 2.36. The Hall–Kier alpha value is -2.04. The zero-order valence-corrected chi connectivity index (χ0v) is 13.3. The number of ether oxygens (including phenoxy) is 1. The van der Waals surface area contributed by atoms with Crippen molar-refractivity contribution in [2.24, 2.45) is 0 Å². The molecule has 0 unspecified atom stereocenters. The maximum atomic E-state index is 5.91. The number of aryl methyl sites for hydroxylation is 2. The summed E-state index contributed by atoms with van der Waals surface area (Å²) in [6.45, 7) is 9.79. The minimum atomic E-state index is -0.0645. The molecule has 0 saturated heterocycles. The maximum absolute atomic E-state index is 5.91. The van der Waals surface area contributed by atoms with Crippen molar-refractivity contribution < 1.29 is 4.74 Å². The van der Waals surface area contributed by atoms with E-state index in [-0.39, 0.29) is 5.41 Å². The van der Waals surface area contributed by atoms with Crippen LogP contribution >= 0.6 is 0 Å². The minimum Gasteiger partial charge on any atom is -0.494 e. The van der Waals surface area contributed by atoms with Gasteiger partial charge in [-0.1, -0.05) is 38.1 Å². The van der Waals surface area contributed by atoms with Crippen molar-refractivity contribution in [1.29, 1.82) is 0 Å². The zero-order valence-electron chi connectivity index (χ0n) is 13.3. The number of hydrogen-bond acceptors (Lipinski definition) is 4. The van der Waals surface area contributed by atoms with Gasteiger partial charge in [0, 0.05) is 18.4 Å². The molecule has 1 heterocycles. The first-order chi connectivity index (χ1) is 9.88. The largest absolute Gasteiger partial charge is 0.494 e. The van der Waals surface area contributed by atoms with Crippen molar-refractivity contribution >= 4 is 5.82 Å². The first-order valence-electron chi connectivity index (χ1n) is 7.27. The van der Waals surface area contributed by atoms with Crippen LogP contribution in [-0.4, -0.2) is 21.6 Å². The zero-order chi connectivity index (χ0) is 15.5. The summed E-state index contributed by atoms with van der Waals surface area (Å²) in [4.78, 5) is 0. The van der Waals surface area contributed by atoms with Gasteiger partial charge in [0.05, 0.1) is 12.3 Å². The molecule has 1 aromatic carbocycles. The van der Waals surface area contributed by atoms with Gasteiger partial charge in [-0.05, 0) is 24.6 Å². The average molecular weight is 288 g/mol. The van der Waals surface area contributed by atoms with Gasteiger partial charge in [0.25, 0.3) is 0 Å². The molecule has 114 valence electrons. The fraction of sp³-hybridized carbons (Fsp3) is 0.500. The van der Waals surface area contributed by atoms with Gasteiger partial charge in [0.2, 0.25) is 0 Å². The highest BCUT2D eigenvalue weighted by Crippen LogP contribution is 2.26. The molecule has 0 spiro atoms. The third-order valence-electron chi connectivity index (χ3n) is 3.24. The molecule has 2 N–H and O–H groups in total. The Morgan fingerprint density at radius 3 is 2.71 bits per heavy atom. The highest BCUT2D eigenvalue weighted by Gasteiger charge is 2.23. The van der Waals surface area contributed by atoms with Crippen molar-refractivity contribution in [3.8, 4) is 5.75 Å². The van der Waals surface area contributed by atoms with E-state index < -0.39 is 0 Å². The molecule has 21 heavy (non-hydrogen) atoms. The van der Waals surface area contributed by atoms with Gasteiger partial charge in [0.1, 0.15) is 5.75 Å². The number of anilines is 1. The quantitative estimate of drug-likeness (QED) is 0.859. The van der Waals surface area contributed by atoms with Crippen LogP contribution in [0, 0.1) is 6.92 Å². The van der Waals surface area contributed by atoms with E-state index in [1.165, 1.54) is 5.56 Å². The molecule has 0 aliphatic heterocycles. The Bertz CT molecular complexity index is 599. The summed E-state index contributed by atoms with van der Waals surface area (Å²) in [6, 6.07) is 8.07. The molecule has 5 nitrogen and oxygen atoms in total. The summed E-state index contributed by atoms with van der Waals surface area (Å²) >= 11 is 0. The predicted molar refractivity (Wildman–Crippen MR) is 84.4 cm³/mol. The highest BCUT2D eigenvalue weighted by molar-refractivity contribution is 5.37. The SMILES string of the molecule is Cc1cccc(OCCCn2nnc(N)c2C(C)(C)C)c1. The van der Waals surface area contributed by atoms with E-state index in [1.807, 2.05) is 22.9 Å². The molecule has 0 saturated carbocycles. The lowest BCUT2D eigenvalue weighted by Gasteiger charge is -2.20. The van der Waals surface area contributed by atoms with Crippen LogP contribution in [0.15, 0.2) is 24.3 Å². The second-order valence-corrected chi connectivity index (χ2v) is 6.31. The third kappa shape index (κ3) is 3.97. The molecule has 0 radical (unpaired) electrons. The summed E-state index contributed by atoms with van der Waals surface area (Å²) in [6.07, 6.45) is 0.861. The van der Waals surface area contributed by atoms with Crippen LogP contribution < -0.4 is 10.5 Å². The Morgan fingerprint density at radius 1 is 1.29 bits per heavy atom. The van der Waals surface area contributed by atoms with E-state index in [9.17, 15) is 0 Å². The number of aromatic nitrogens is 3. The normalized spacial score (nSPS) is 11.6. The van der Waals surface area contributed by atoms with E-state index in [0.717, 1.165) is 24.4 Å². The first kappa shape index (κ1) is 15.4. The molecular weight excluding hydrogens is 264 g/mol. The summed E-state index contributed by atoms with van der Waals surface area (Å²) < 4.78 is 7.63. The van der Waals surface area contributed by atoms with Gasteiger partial charge in [-0.15, -0.1) is 5.10 Å². The summed E-state index contributed by atoms with van der Waals surface area (Å²) in [5, 5.41) is 8.11. The van der Waals surface area contributed by atoms with Gasteiger partial charge < -0.3 is 10.5 Å². The molecule has 0 aliphatic carbocycles. The van der Waals surface area contributed by atoms with Gasteiger partial charge in [0.15, 0.2) is 5.82 Å². The maximum Gasteiger partial charge on any atom is 0.169 e. The molecule has 2 rings (SSSR count). The van der Waals surface area contributed by atoms with Gasteiger partial charge >= 0.3 is 0 Å². The predicted octanol–water partition coefficient (Wildman–Crippen LogP) is 2.94. The van der Waals surface area contributed by atoms with Crippen molar-refractivity contribution in [2.45, 2.75) is 46.1 Å². The van der Waals surface area contributed by atoms with Crippen LogP contribution in [0.5, 0.6) is 5.75 Å². The van der Waals surface area contributed by atoms with E-state index in [1.54, 1.807) is 0 Å². The van der Waals surface area contributed by atoms with Crippen LogP contribution in [0.4, 0.5) is 5.82 Å². The molecule has 5 heteroatoms. The van der Waals surface area contributed by atoms with Crippen LogP contribution in [0.25, 0.3) is 0 Å². The van der Waals surface area contributed by atoms with Crippen molar-refractivity contribution in [3.05, 3.63) is 35.5 Å². The lowest BCUT2D eigenvalue weighted by atomic mass is 9.92. The molecular formula is C16H24N4O. The minimum absolute atomic E-state index is 0.0645. The molecule has 0 fully saturated rings. The Balaban J connectivity index is 1.90. The number of nitrogen functional groups attached to an aromatic ring is 1. The summed E-state index contributed by atoms with van der Waals surface area (Å²) in [5.74, 6) is 1.42. The second kappa shape index (κ2) is 6.16. The number of benzene rings is 1. The first-order valence-corrected chi connectivity index (χ1v) is 7.27. The summed E-state index contributed by atoms with van der Waals surface area (Å²) in [7, 11) is 0. The van der Waals surface area contributed by atoms with Crippen molar-refractivity contribution in [1.82, 2.24) is 15.0 Å². The summed E-state index contributed by atoms with van der Waals surface area (Å²) in [5.41, 5.74) is 8.03. The van der Waals surface area contributed by atoms with E-state index >= 15 is 0 Å². The van der Waals surface area contributed by atoms with E-state index in [4.69, 9.17) is 10.5 Å². The van der Waals surface area contributed by atoms with E-state index in [2.05, 4.69) is 44.1 Å². The molecule has 0 bridgehead atoms. The van der Waals surface area contributed by atoms with Crippen molar-refractivity contribution in [2.75, 3.05) is 12.3 Å². The molecule has 0 amide bonds. The average Bonchev–Trinajstić information content (AvgIpc) is 2.76. The van der Waals surface area contributed by atoms with Crippen LogP contribution in [-0.2, 0) is 12.0 Å². The number of rotatable bonds is 5. The molecule has 0 atom stereocenters. The molecule has 1 aromatic heterocycles. The van der Waals surface area contributed by atoms with Crippen LogP contribution in [0.3, 0.4) is 0 Å². The van der Waals surface area contributed by atoms with E-state index in [0.29, 0.717) is 12.4 Å². The lowest BCUT2D eigenvalue weighted by molar-refractivity contribution is 0.294. The van der Waals surface area contributed by atoms with Crippen LogP contribution in [0.1, 0.15) is 38.4 Å². The Labute approximate surface area is 126 Å². The number of nitrogens with zero attached hydrogens (tertiary/aromatic N) is 3. The third-order valence-corrected chi connectivity index (χ3v) is 3.24. The monoisotopic (exact) mass is 288 g/mol.